The summed E-state index contributed by atoms with van der Waals surface area (Å²) in [6.45, 7) is 10.1. The van der Waals surface area contributed by atoms with Gasteiger partial charge in [-0.25, -0.2) is 0 Å². The maximum absolute atomic E-state index is 5.69. The van der Waals surface area contributed by atoms with Gasteiger partial charge in [0.1, 0.15) is 0 Å². The first-order valence-corrected chi connectivity index (χ1v) is 6.88. The van der Waals surface area contributed by atoms with Crippen LogP contribution < -0.4 is 10.2 Å². The summed E-state index contributed by atoms with van der Waals surface area (Å²) < 4.78 is 5.69. The molecule has 2 rings (SSSR count). The van der Waals surface area contributed by atoms with Gasteiger partial charge in [0.05, 0.1) is 6.61 Å². The molecule has 1 aliphatic heterocycles. The Bertz CT molecular complexity index is 371. The van der Waals surface area contributed by atoms with Gasteiger partial charge in [-0.2, -0.15) is 0 Å². The van der Waals surface area contributed by atoms with Crippen LogP contribution in [-0.4, -0.2) is 32.8 Å². The molecule has 0 aromatic heterocycles. The molecule has 108 valence electrons. The number of hydrogen-bond acceptors (Lipinski definition) is 3. The fourth-order valence-corrected chi connectivity index (χ4v) is 2.25. The van der Waals surface area contributed by atoms with Crippen molar-refractivity contribution in [1.29, 1.82) is 0 Å². The number of nitrogens with zero attached hydrogens (tertiary/aromatic N) is 1. The van der Waals surface area contributed by atoms with E-state index < -0.39 is 0 Å². The second-order valence-corrected chi connectivity index (χ2v) is 5.26. The Hall–Kier alpha value is -0.770. The standard InChI is InChI=1S/C15H24N2O.ClH/c1-13(2)12-18-10-9-17-8-7-16-11-14-5-3-4-6-15(14)17;/h3-6,13,16H,7-12H2,1-2H3;1H. The fraction of sp³-hybridized carbons (Fsp3) is 0.600. The summed E-state index contributed by atoms with van der Waals surface area (Å²) in [6.07, 6.45) is 0. The molecule has 0 atom stereocenters. The quantitative estimate of drug-likeness (QED) is 0.842. The molecule has 1 heterocycles. The molecular formula is C15H25ClN2O. The van der Waals surface area contributed by atoms with Gasteiger partial charge in [-0.15, -0.1) is 12.4 Å². The molecule has 0 amide bonds. The van der Waals surface area contributed by atoms with Crippen LogP contribution in [0, 0.1) is 5.92 Å². The number of hydrogen-bond donors (Lipinski definition) is 1. The maximum atomic E-state index is 5.69. The smallest absolute Gasteiger partial charge is 0.0641 e. The number of benzene rings is 1. The Kier molecular flexibility index (Phi) is 7.21. The third-order valence-electron chi connectivity index (χ3n) is 3.16. The van der Waals surface area contributed by atoms with E-state index in [1.54, 1.807) is 0 Å². The Balaban J connectivity index is 0.00000180. The first kappa shape index (κ1) is 16.3. The van der Waals surface area contributed by atoms with E-state index in [0.717, 1.165) is 39.4 Å². The second-order valence-electron chi connectivity index (χ2n) is 5.26. The lowest BCUT2D eigenvalue weighted by molar-refractivity contribution is 0.115. The molecule has 0 bridgehead atoms. The summed E-state index contributed by atoms with van der Waals surface area (Å²) >= 11 is 0. The average molecular weight is 285 g/mol. The zero-order valence-electron chi connectivity index (χ0n) is 11.9. The van der Waals surface area contributed by atoms with Crippen molar-refractivity contribution in [2.24, 2.45) is 5.92 Å². The van der Waals surface area contributed by atoms with Crippen molar-refractivity contribution < 1.29 is 4.74 Å². The van der Waals surface area contributed by atoms with Crippen LogP contribution in [0.15, 0.2) is 24.3 Å². The number of rotatable bonds is 5. The van der Waals surface area contributed by atoms with Crippen LogP contribution >= 0.6 is 12.4 Å². The molecule has 0 aliphatic carbocycles. The normalized spacial score (nSPS) is 14.8. The lowest BCUT2D eigenvalue weighted by atomic mass is 10.1. The van der Waals surface area contributed by atoms with Crippen LogP contribution in [-0.2, 0) is 11.3 Å². The van der Waals surface area contributed by atoms with Gasteiger partial charge in [0.25, 0.3) is 0 Å². The highest BCUT2D eigenvalue weighted by molar-refractivity contribution is 5.85. The Morgan fingerprint density at radius 2 is 2.11 bits per heavy atom. The van der Waals surface area contributed by atoms with Crippen molar-refractivity contribution in [1.82, 2.24) is 5.32 Å². The third kappa shape index (κ3) is 5.01. The largest absolute Gasteiger partial charge is 0.379 e. The van der Waals surface area contributed by atoms with E-state index in [1.807, 2.05) is 0 Å². The molecule has 1 aromatic carbocycles. The molecule has 0 saturated heterocycles. The van der Waals surface area contributed by atoms with E-state index in [-0.39, 0.29) is 12.4 Å². The van der Waals surface area contributed by atoms with E-state index in [2.05, 4.69) is 48.3 Å². The summed E-state index contributed by atoms with van der Waals surface area (Å²) in [4.78, 5) is 2.43. The molecule has 4 heteroatoms. The van der Waals surface area contributed by atoms with E-state index in [4.69, 9.17) is 4.74 Å². The molecule has 0 spiro atoms. The van der Waals surface area contributed by atoms with Crippen LogP contribution in [0.5, 0.6) is 0 Å². The maximum Gasteiger partial charge on any atom is 0.0641 e. The molecule has 19 heavy (non-hydrogen) atoms. The van der Waals surface area contributed by atoms with Crippen molar-refractivity contribution in [2.45, 2.75) is 20.4 Å². The lowest BCUT2D eigenvalue weighted by Crippen LogP contribution is -2.32. The van der Waals surface area contributed by atoms with Crippen molar-refractivity contribution in [2.75, 3.05) is 37.7 Å². The topological polar surface area (TPSA) is 24.5 Å². The average Bonchev–Trinajstić information content (AvgIpc) is 2.57. The zero-order valence-corrected chi connectivity index (χ0v) is 12.7. The second kappa shape index (κ2) is 8.41. The van der Waals surface area contributed by atoms with Crippen molar-refractivity contribution in [3.05, 3.63) is 29.8 Å². The van der Waals surface area contributed by atoms with Gasteiger partial charge >= 0.3 is 0 Å². The monoisotopic (exact) mass is 284 g/mol. The highest BCUT2D eigenvalue weighted by Crippen LogP contribution is 2.21. The molecule has 1 aliphatic rings. The Morgan fingerprint density at radius 1 is 1.32 bits per heavy atom. The minimum Gasteiger partial charge on any atom is -0.379 e. The number of halogens is 1. The highest BCUT2D eigenvalue weighted by Gasteiger charge is 2.13. The third-order valence-corrected chi connectivity index (χ3v) is 3.16. The summed E-state index contributed by atoms with van der Waals surface area (Å²) in [5.41, 5.74) is 2.74. The van der Waals surface area contributed by atoms with Crippen LogP contribution in [0.25, 0.3) is 0 Å². The van der Waals surface area contributed by atoms with Gasteiger partial charge in [-0.3, -0.25) is 0 Å². The van der Waals surface area contributed by atoms with Gasteiger partial charge in [0.2, 0.25) is 0 Å². The molecule has 1 aromatic rings. The minimum absolute atomic E-state index is 0. The molecule has 0 fully saturated rings. The Morgan fingerprint density at radius 3 is 2.89 bits per heavy atom. The van der Waals surface area contributed by atoms with Crippen molar-refractivity contribution >= 4 is 18.1 Å². The van der Waals surface area contributed by atoms with E-state index in [1.165, 1.54) is 11.3 Å². The lowest BCUT2D eigenvalue weighted by Gasteiger charge is -2.24. The number of fused-ring (bicyclic) bond motifs is 1. The number of anilines is 1. The van der Waals surface area contributed by atoms with E-state index in [0.29, 0.717) is 5.92 Å². The predicted octanol–water partition coefficient (Wildman–Crippen LogP) is 2.69. The minimum atomic E-state index is 0. The number of para-hydroxylation sites is 1. The highest BCUT2D eigenvalue weighted by atomic mass is 35.5. The van der Waals surface area contributed by atoms with Crippen molar-refractivity contribution in [3.63, 3.8) is 0 Å². The van der Waals surface area contributed by atoms with Crippen molar-refractivity contribution in [3.8, 4) is 0 Å². The van der Waals surface area contributed by atoms with Crippen LogP contribution in [0.2, 0.25) is 0 Å². The first-order valence-electron chi connectivity index (χ1n) is 6.88. The Labute approximate surface area is 122 Å². The SMILES string of the molecule is CC(C)COCCN1CCNCc2ccccc21.Cl. The molecule has 0 unspecified atom stereocenters. The molecular weight excluding hydrogens is 260 g/mol. The van der Waals surface area contributed by atoms with Gasteiger partial charge < -0.3 is 15.0 Å². The first-order chi connectivity index (χ1) is 8.77. The van der Waals surface area contributed by atoms with Crippen LogP contribution in [0.1, 0.15) is 19.4 Å². The summed E-state index contributed by atoms with van der Waals surface area (Å²) in [6, 6.07) is 8.64. The zero-order chi connectivity index (χ0) is 12.8. The van der Waals surface area contributed by atoms with Crippen LogP contribution in [0.3, 0.4) is 0 Å². The van der Waals surface area contributed by atoms with E-state index >= 15 is 0 Å². The van der Waals surface area contributed by atoms with Crippen LogP contribution in [0.4, 0.5) is 5.69 Å². The predicted molar refractivity (Wildman–Crippen MR) is 83.3 cm³/mol. The molecule has 0 radical (unpaired) electrons. The summed E-state index contributed by atoms with van der Waals surface area (Å²) in [7, 11) is 0. The summed E-state index contributed by atoms with van der Waals surface area (Å²) in [5, 5.41) is 3.46. The molecule has 0 saturated carbocycles. The number of ether oxygens (including phenoxy) is 1. The summed E-state index contributed by atoms with van der Waals surface area (Å²) in [5.74, 6) is 0.614. The fourth-order valence-electron chi connectivity index (χ4n) is 2.25. The van der Waals surface area contributed by atoms with Gasteiger partial charge in [-0.05, 0) is 17.5 Å². The van der Waals surface area contributed by atoms with Gasteiger partial charge in [0.15, 0.2) is 0 Å². The number of nitrogens with one attached hydrogen (secondary N) is 1. The van der Waals surface area contributed by atoms with Gasteiger partial charge in [-0.1, -0.05) is 32.0 Å². The van der Waals surface area contributed by atoms with Gasteiger partial charge in [0, 0.05) is 38.5 Å². The molecule has 3 nitrogen and oxygen atoms in total. The van der Waals surface area contributed by atoms with E-state index in [9.17, 15) is 0 Å². The molecule has 1 N–H and O–H groups in total.